The SMILES string of the molecule is CCCCC1(O)CCCCCC1N. The minimum Gasteiger partial charge on any atom is -0.388 e. The van der Waals surface area contributed by atoms with Gasteiger partial charge in [0.15, 0.2) is 0 Å². The van der Waals surface area contributed by atoms with E-state index >= 15 is 0 Å². The molecule has 13 heavy (non-hydrogen) atoms. The molecule has 0 saturated heterocycles. The first-order valence-corrected chi connectivity index (χ1v) is 5.67. The van der Waals surface area contributed by atoms with Gasteiger partial charge in [0.05, 0.1) is 5.60 Å². The Morgan fingerprint density at radius 2 is 2.15 bits per heavy atom. The summed E-state index contributed by atoms with van der Waals surface area (Å²) in [5.74, 6) is 0. The van der Waals surface area contributed by atoms with E-state index in [1.165, 1.54) is 12.8 Å². The molecule has 1 aliphatic carbocycles. The van der Waals surface area contributed by atoms with Gasteiger partial charge in [-0.1, -0.05) is 39.0 Å². The van der Waals surface area contributed by atoms with Crippen molar-refractivity contribution in [2.75, 3.05) is 0 Å². The number of hydrogen-bond acceptors (Lipinski definition) is 2. The summed E-state index contributed by atoms with van der Waals surface area (Å²) < 4.78 is 0. The third-order valence-corrected chi connectivity index (χ3v) is 3.28. The van der Waals surface area contributed by atoms with Crippen molar-refractivity contribution in [3.8, 4) is 0 Å². The first-order valence-electron chi connectivity index (χ1n) is 5.67. The predicted molar refractivity (Wildman–Crippen MR) is 55.5 cm³/mol. The van der Waals surface area contributed by atoms with Crippen LogP contribution in [0.1, 0.15) is 58.3 Å². The average Bonchev–Trinajstić information content (AvgIpc) is 2.28. The van der Waals surface area contributed by atoms with Crippen LogP contribution in [0.4, 0.5) is 0 Å². The summed E-state index contributed by atoms with van der Waals surface area (Å²) in [6.45, 7) is 2.16. The Balaban J connectivity index is 2.49. The van der Waals surface area contributed by atoms with Gasteiger partial charge in [-0.25, -0.2) is 0 Å². The Labute approximate surface area is 81.5 Å². The Kier molecular flexibility index (Phi) is 4.20. The summed E-state index contributed by atoms with van der Waals surface area (Å²) >= 11 is 0. The molecule has 0 aliphatic heterocycles. The lowest BCUT2D eigenvalue weighted by Crippen LogP contribution is -2.47. The topological polar surface area (TPSA) is 46.2 Å². The summed E-state index contributed by atoms with van der Waals surface area (Å²) in [7, 11) is 0. The molecular formula is C11H23NO. The molecule has 2 atom stereocenters. The van der Waals surface area contributed by atoms with Gasteiger partial charge in [0, 0.05) is 6.04 Å². The highest BCUT2D eigenvalue weighted by Gasteiger charge is 2.34. The van der Waals surface area contributed by atoms with E-state index < -0.39 is 5.60 Å². The van der Waals surface area contributed by atoms with Gasteiger partial charge in [-0.15, -0.1) is 0 Å². The second kappa shape index (κ2) is 4.97. The van der Waals surface area contributed by atoms with Gasteiger partial charge in [-0.2, -0.15) is 0 Å². The molecule has 0 aromatic heterocycles. The van der Waals surface area contributed by atoms with E-state index in [0.29, 0.717) is 0 Å². The lowest BCUT2D eigenvalue weighted by Gasteiger charge is -2.32. The normalized spacial score (nSPS) is 35.8. The molecule has 2 heteroatoms. The molecule has 1 saturated carbocycles. The quantitative estimate of drug-likeness (QED) is 0.662. The first kappa shape index (κ1) is 11.0. The van der Waals surface area contributed by atoms with Crippen LogP contribution in [-0.4, -0.2) is 16.7 Å². The van der Waals surface area contributed by atoms with Crippen molar-refractivity contribution >= 4 is 0 Å². The molecule has 1 aliphatic rings. The van der Waals surface area contributed by atoms with Gasteiger partial charge < -0.3 is 10.8 Å². The highest BCUT2D eigenvalue weighted by atomic mass is 16.3. The maximum atomic E-state index is 10.3. The second-order valence-electron chi connectivity index (χ2n) is 4.41. The van der Waals surface area contributed by atoms with Crippen LogP contribution in [0.3, 0.4) is 0 Å². The zero-order valence-corrected chi connectivity index (χ0v) is 8.76. The highest BCUT2D eigenvalue weighted by Crippen LogP contribution is 2.30. The van der Waals surface area contributed by atoms with Crippen LogP contribution >= 0.6 is 0 Å². The number of nitrogens with two attached hydrogens (primary N) is 1. The van der Waals surface area contributed by atoms with Gasteiger partial charge in [-0.05, 0) is 19.3 Å². The van der Waals surface area contributed by atoms with Crippen molar-refractivity contribution in [2.45, 2.75) is 69.9 Å². The van der Waals surface area contributed by atoms with Gasteiger partial charge in [0.1, 0.15) is 0 Å². The lowest BCUT2D eigenvalue weighted by atomic mass is 9.85. The Morgan fingerprint density at radius 1 is 1.38 bits per heavy atom. The molecule has 78 valence electrons. The summed E-state index contributed by atoms with van der Waals surface area (Å²) in [6.07, 6.45) is 8.63. The predicted octanol–water partition coefficient (Wildman–Crippen LogP) is 2.20. The highest BCUT2D eigenvalue weighted by molar-refractivity contribution is 4.91. The smallest absolute Gasteiger partial charge is 0.0797 e. The molecule has 2 unspecified atom stereocenters. The largest absolute Gasteiger partial charge is 0.388 e. The third kappa shape index (κ3) is 2.96. The molecule has 0 aromatic carbocycles. The van der Waals surface area contributed by atoms with Crippen molar-refractivity contribution in [1.82, 2.24) is 0 Å². The van der Waals surface area contributed by atoms with E-state index in [1.54, 1.807) is 0 Å². The Morgan fingerprint density at radius 3 is 2.85 bits per heavy atom. The maximum absolute atomic E-state index is 10.3. The fourth-order valence-corrected chi connectivity index (χ4v) is 2.22. The molecule has 0 bridgehead atoms. The van der Waals surface area contributed by atoms with Crippen molar-refractivity contribution in [3.63, 3.8) is 0 Å². The minimum atomic E-state index is -0.549. The van der Waals surface area contributed by atoms with Crippen LogP contribution in [0.5, 0.6) is 0 Å². The third-order valence-electron chi connectivity index (χ3n) is 3.28. The molecule has 0 heterocycles. The van der Waals surface area contributed by atoms with Gasteiger partial charge >= 0.3 is 0 Å². The minimum absolute atomic E-state index is 0.0153. The van der Waals surface area contributed by atoms with E-state index in [4.69, 9.17) is 5.73 Å². The van der Waals surface area contributed by atoms with E-state index in [0.717, 1.165) is 38.5 Å². The van der Waals surface area contributed by atoms with Gasteiger partial charge in [0.25, 0.3) is 0 Å². The summed E-state index contributed by atoms with van der Waals surface area (Å²) in [5.41, 5.74) is 5.45. The van der Waals surface area contributed by atoms with Crippen molar-refractivity contribution in [2.24, 2.45) is 5.73 Å². The van der Waals surface area contributed by atoms with Crippen molar-refractivity contribution in [1.29, 1.82) is 0 Å². The number of unbranched alkanes of at least 4 members (excludes halogenated alkanes) is 1. The van der Waals surface area contributed by atoms with E-state index in [2.05, 4.69) is 6.92 Å². The van der Waals surface area contributed by atoms with Gasteiger partial charge in [-0.3, -0.25) is 0 Å². The number of hydrogen-bond donors (Lipinski definition) is 2. The van der Waals surface area contributed by atoms with E-state index in [1.807, 2.05) is 0 Å². The fourth-order valence-electron chi connectivity index (χ4n) is 2.22. The van der Waals surface area contributed by atoms with Crippen LogP contribution in [0.2, 0.25) is 0 Å². The van der Waals surface area contributed by atoms with Crippen molar-refractivity contribution < 1.29 is 5.11 Å². The molecule has 1 rings (SSSR count). The van der Waals surface area contributed by atoms with Crippen LogP contribution in [-0.2, 0) is 0 Å². The Bertz CT molecular complexity index is 149. The molecule has 0 amide bonds. The fraction of sp³-hybridized carbons (Fsp3) is 1.00. The zero-order chi connectivity index (χ0) is 9.73. The van der Waals surface area contributed by atoms with Crippen LogP contribution in [0, 0.1) is 0 Å². The lowest BCUT2D eigenvalue weighted by molar-refractivity contribution is -0.00227. The zero-order valence-electron chi connectivity index (χ0n) is 8.76. The standard InChI is InChI=1S/C11H23NO/c1-2-3-8-11(13)9-6-4-5-7-10(11)12/h10,13H,2-9,12H2,1H3. The van der Waals surface area contributed by atoms with Crippen LogP contribution < -0.4 is 5.73 Å². The first-order chi connectivity index (χ1) is 6.19. The van der Waals surface area contributed by atoms with Gasteiger partial charge in [0.2, 0.25) is 0 Å². The monoisotopic (exact) mass is 185 g/mol. The molecule has 2 nitrogen and oxygen atoms in total. The van der Waals surface area contributed by atoms with Crippen LogP contribution in [0.15, 0.2) is 0 Å². The number of aliphatic hydroxyl groups is 1. The maximum Gasteiger partial charge on any atom is 0.0797 e. The van der Waals surface area contributed by atoms with Crippen molar-refractivity contribution in [3.05, 3.63) is 0 Å². The molecular weight excluding hydrogens is 162 g/mol. The molecule has 0 aromatic rings. The summed E-state index contributed by atoms with van der Waals surface area (Å²) in [6, 6.07) is 0.0153. The molecule has 0 spiro atoms. The average molecular weight is 185 g/mol. The Hall–Kier alpha value is -0.0800. The molecule has 0 radical (unpaired) electrons. The molecule has 3 N–H and O–H groups in total. The summed E-state index contributed by atoms with van der Waals surface area (Å²) in [4.78, 5) is 0. The molecule has 1 fully saturated rings. The van der Waals surface area contributed by atoms with E-state index in [9.17, 15) is 5.11 Å². The number of rotatable bonds is 3. The van der Waals surface area contributed by atoms with Crippen LogP contribution in [0.25, 0.3) is 0 Å². The van der Waals surface area contributed by atoms with E-state index in [-0.39, 0.29) is 6.04 Å². The summed E-state index contributed by atoms with van der Waals surface area (Å²) in [5, 5.41) is 10.3. The second-order valence-corrected chi connectivity index (χ2v) is 4.41.